The predicted molar refractivity (Wildman–Crippen MR) is 86.6 cm³/mol. The monoisotopic (exact) mass is 300 g/mol. The third-order valence-electron chi connectivity index (χ3n) is 5.20. The molecule has 0 N–H and O–H groups in total. The summed E-state index contributed by atoms with van der Waals surface area (Å²) in [7, 11) is -2.94. The van der Waals surface area contributed by atoms with Crippen LogP contribution in [0.4, 0.5) is 0 Å². The van der Waals surface area contributed by atoms with Crippen LogP contribution in [0.25, 0.3) is 0 Å². The van der Waals surface area contributed by atoms with E-state index in [1.54, 1.807) is 0 Å². The van der Waals surface area contributed by atoms with Gasteiger partial charge in [0, 0.05) is 0 Å². The van der Waals surface area contributed by atoms with Gasteiger partial charge in [-0.1, -0.05) is 20.3 Å². The van der Waals surface area contributed by atoms with E-state index in [-0.39, 0.29) is 0 Å². The van der Waals surface area contributed by atoms with Crippen molar-refractivity contribution in [2.24, 2.45) is 5.92 Å². The molecule has 0 aromatic rings. The van der Waals surface area contributed by atoms with Crippen LogP contribution in [0.1, 0.15) is 39.5 Å². The van der Waals surface area contributed by atoms with Gasteiger partial charge >= 0.3 is 0 Å². The Bertz CT molecular complexity index is 315. The Labute approximate surface area is 121 Å². The van der Waals surface area contributed by atoms with E-state index in [1.807, 2.05) is 0 Å². The molecule has 1 saturated heterocycles. The van der Waals surface area contributed by atoms with Crippen LogP contribution in [0, 0.1) is 5.92 Å². The Morgan fingerprint density at radius 1 is 1.11 bits per heavy atom. The van der Waals surface area contributed by atoms with E-state index in [0.717, 1.165) is 11.5 Å². The Balaban J connectivity index is 1.76. The first-order chi connectivity index (χ1) is 8.70. The topological polar surface area (TPSA) is 21.8 Å². The van der Waals surface area contributed by atoms with Gasteiger partial charge in [-0.25, -0.2) is 0 Å². The van der Waals surface area contributed by atoms with E-state index in [1.165, 1.54) is 31.7 Å². The lowest BCUT2D eigenvalue weighted by Crippen LogP contribution is -2.46. The van der Waals surface area contributed by atoms with Crippen molar-refractivity contribution in [1.29, 1.82) is 0 Å². The molecule has 1 aliphatic heterocycles. The fourth-order valence-electron chi connectivity index (χ4n) is 3.18. The minimum absolute atomic E-state index is 0.630. The standard InChI is InChI=1S/C15H32O2Si2/c1-12(2)19(5,6)17-18(3,4)10-9-13-7-8-14-15(11-13)16-14/h12-15H,7-11H2,1-6H3. The lowest BCUT2D eigenvalue weighted by atomic mass is 9.88. The van der Waals surface area contributed by atoms with Crippen molar-refractivity contribution in [3.63, 3.8) is 0 Å². The highest BCUT2D eigenvalue weighted by atomic mass is 28.4. The molecule has 1 saturated carbocycles. The van der Waals surface area contributed by atoms with Gasteiger partial charge in [0.15, 0.2) is 16.6 Å². The second kappa shape index (κ2) is 5.62. The molecule has 2 aliphatic rings. The minimum atomic E-state index is -1.47. The van der Waals surface area contributed by atoms with Crippen molar-refractivity contribution in [2.45, 2.75) is 89.5 Å². The largest absolute Gasteiger partial charge is 0.455 e. The third-order valence-corrected chi connectivity index (χ3v) is 13.8. The first kappa shape index (κ1) is 15.7. The fourth-order valence-corrected chi connectivity index (χ4v) is 11.3. The van der Waals surface area contributed by atoms with Crippen LogP contribution >= 0.6 is 0 Å². The molecule has 0 amide bonds. The number of fused-ring (bicyclic) bond motifs is 1. The van der Waals surface area contributed by atoms with Crippen molar-refractivity contribution in [1.82, 2.24) is 0 Å². The molecule has 0 bridgehead atoms. The number of ether oxygens (including phenoxy) is 1. The summed E-state index contributed by atoms with van der Waals surface area (Å²) in [4.78, 5) is 0. The highest BCUT2D eigenvalue weighted by Gasteiger charge is 2.44. The van der Waals surface area contributed by atoms with Crippen LogP contribution in [-0.4, -0.2) is 28.8 Å². The maximum Gasteiger partial charge on any atom is 0.176 e. The zero-order valence-electron chi connectivity index (χ0n) is 13.7. The molecule has 1 aliphatic carbocycles. The number of rotatable bonds is 6. The molecule has 2 fully saturated rings. The van der Waals surface area contributed by atoms with E-state index in [4.69, 9.17) is 8.85 Å². The number of hydrogen-bond donors (Lipinski definition) is 0. The SMILES string of the molecule is CC(C)[Si](C)(C)O[Si](C)(C)CCC1CCC2OC2C1. The number of hydrogen-bond acceptors (Lipinski definition) is 2. The van der Waals surface area contributed by atoms with Crippen molar-refractivity contribution in [3.8, 4) is 0 Å². The Morgan fingerprint density at radius 2 is 1.79 bits per heavy atom. The van der Waals surface area contributed by atoms with Crippen LogP contribution in [0.2, 0.25) is 37.8 Å². The summed E-state index contributed by atoms with van der Waals surface area (Å²) in [6, 6.07) is 1.33. The molecular formula is C15H32O2Si2. The summed E-state index contributed by atoms with van der Waals surface area (Å²) in [5, 5.41) is 0. The van der Waals surface area contributed by atoms with Crippen LogP contribution in [0.5, 0.6) is 0 Å². The van der Waals surface area contributed by atoms with Gasteiger partial charge in [0.05, 0.1) is 12.2 Å². The van der Waals surface area contributed by atoms with Crippen LogP contribution in [0.3, 0.4) is 0 Å². The second-order valence-electron chi connectivity index (χ2n) is 8.05. The van der Waals surface area contributed by atoms with Gasteiger partial charge in [-0.3, -0.25) is 0 Å². The third kappa shape index (κ3) is 4.41. The average Bonchev–Trinajstić information content (AvgIpc) is 3.03. The van der Waals surface area contributed by atoms with Crippen molar-refractivity contribution < 1.29 is 8.85 Å². The lowest BCUT2D eigenvalue weighted by molar-refractivity contribution is 0.354. The van der Waals surface area contributed by atoms with Crippen LogP contribution in [-0.2, 0) is 8.85 Å². The summed E-state index contributed by atoms with van der Waals surface area (Å²) in [5.41, 5.74) is 0.717. The van der Waals surface area contributed by atoms with Crippen molar-refractivity contribution >= 4 is 16.6 Å². The first-order valence-corrected chi connectivity index (χ1v) is 14.2. The van der Waals surface area contributed by atoms with E-state index >= 15 is 0 Å². The Hall–Kier alpha value is 0.354. The summed E-state index contributed by atoms with van der Waals surface area (Å²) in [6.45, 7) is 14.3. The zero-order valence-corrected chi connectivity index (χ0v) is 15.7. The summed E-state index contributed by atoms with van der Waals surface area (Å²) < 4.78 is 12.3. The van der Waals surface area contributed by atoms with Gasteiger partial charge in [-0.2, -0.15) is 0 Å². The zero-order chi connectivity index (χ0) is 14.3. The maximum absolute atomic E-state index is 6.66. The smallest absolute Gasteiger partial charge is 0.176 e. The predicted octanol–water partition coefficient (Wildman–Crippen LogP) is 4.78. The van der Waals surface area contributed by atoms with E-state index in [9.17, 15) is 0 Å². The second-order valence-corrected chi connectivity index (χ2v) is 17.2. The molecule has 0 spiro atoms. The van der Waals surface area contributed by atoms with E-state index < -0.39 is 16.6 Å². The lowest BCUT2D eigenvalue weighted by Gasteiger charge is -2.37. The van der Waals surface area contributed by atoms with E-state index in [0.29, 0.717) is 12.2 Å². The van der Waals surface area contributed by atoms with Gasteiger partial charge in [-0.05, 0) is 63.0 Å². The minimum Gasteiger partial charge on any atom is -0.455 e. The van der Waals surface area contributed by atoms with Gasteiger partial charge in [0.1, 0.15) is 0 Å². The number of epoxide rings is 1. The quantitative estimate of drug-likeness (QED) is 0.520. The highest BCUT2D eigenvalue weighted by molar-refractivity contribution is 6.85. The molecule has 0 aromatic heterocycles. The van der Waals surface area contributed by atoms with Crippen molar-refractivity contribution in [3.05, 3.63) is 0 Å². The summed E-state index contributed by atoms with van der Waals surface area (Å²) in [5.74, 6) is 0.906. The Kier molecular flexibility index (Phi) is 4.66. The summed E-state index contributed by atoms with van der Waals surface area (Å²) in [6.07, 6.45) is 6.66. The maximum atomic E-state index is 6.66. The van der Waals surface area contributed by atoms with Gasteiger partial charge in [-0.15, -0.1) is 0 Å². The first-order valence-electron chi connectivity index (χ1n) is 8.05. The molecular weight excluding hydrogens is 268 g/mol. The van der Waals surface area contributed by atoms with Gasteiger partial charge in [0.2, 0.25) is 0 Å². The van der Waals surface area contributed by atoms with Gasteiger partial charge < -0.3 is 8.85 Å². The molecule has 2 rings (SSSR count). The molecule has 0 radical (unpaired) electrons. The molecule has 1 heterocycles. The fraction of sp³-hybridized carbons (Fsp3) is 1.00. The molecule has 0 aromatic carbocycles. The summed E-state index contributed by atoms with van der Waals surface area (Å²) >= 11 is 0. The molecule has 112 valence electrons. The van der Waals surface area contributed by atoms with E-state index in [2.05, 4.69) is 40.0 Å². The van der Waals surface area contributed by atoms with Crippen molar-refractivity contribution in [2.75, 3.05) is 0 Å². The molecule has 3 atom stereocenters. The Morgan fingerprint density at radius 3 is 2.37 bits per heavy atom. The average molecular weight is 301 g/mol. The van der Waals surface area contributed by atoms with Gasteiger partial charge in [0.25, 0.3) is 0 Å². The molecule has 2 nitrogen and oxygen atoms in total. The molecule has 4 heteroatoms. The van der Waals surface area contributed by atoms with Crippen LogP contribution < -0.4 is 0 Å². The highest BCUT2D eigenvalue weighted by Crippen LogP contribution is 2.42. The molecule has 3 unspecified atom stereocenters. The normalized spacial score (nSPS) is 31.4. The van der Waals surface area contributed by atoms with Crippen LogP contribution in [0.15, 0.2) is 0 Å². The molecule has 19 heavy (non-hydrogen) atoms.